The van der Waals surface area contributed by atoms with Crippen LogP contribution in [0.3, 0.4) is 0 Å². The van der Waals surface area contributed by atoms with Gasteiger partial charge in [-0.05, 0) is 44.7 Å². The van der Waals surface area contributed by atoms with E-state index >= 15 is 0 Å². The van der Waals surface area contributed by atoms with Gasteiger partial charge in [0.1, 0.15) is 0 Å². The Kier molecular flexibility index (Phi) is 4.18. The molecule has 0 amide bonds. The van der Waals surface area contributed by atoms with Crippen LogP contribution in [0.4, 0.5) is 0 Å². The maximum absolute atomic E-state index is 5.96. The SMILES string of the molecule is Cc1ccc(C(Br)C2C(C)OC(C)C2C)c(C)c1. The molecule has 1 aromatic rings. The van der Waals surface area contributed by atoms with Crippen LogP contribution in [0.2, 0.25) is 0 Å². The molecule has 2 rings (SSSR count). The van der Waals surface area contributed by atoms with E-state index in [2.05, 4.69) is 68.7 Å². The first-order chi connectivity index (χ1) is 8.41. The number of ether oxygens (including phenoxy) is 1. The second-order valence-electron chi connectivity index (χ2n) is 5.74. The number of hydrogen-bond acceptors (Lipinski definition) is 1. The summed E-state index contributed by atoms with van der Waals surface area (Å²) in [6.45, 7) is 11.0. The van der Waals surface area contributed by atoms with Gasteiger partial charge in [-0.3, -0.25) is 0 Å². The van der Waals surface area contributed by atoms with Crippen molar-refractivity contribution >= 4 is 15.9 Å². The van der Waals surface area contributed by atoms with E-state index in [0.717, 1.165) is 0 Å². The van der Waals surface area contributed by atoms with Gasteiger partial charge in [0.05, 0.1) is 12.2 Å². The van der Waals surface area contributed by atoms with Crippen molar-refractivity contribution < 1.29 is 4.74 Å². The lowest BCUT2D eigenvalue weighted by Gasteiger charge is -2.26. The normalized spacial score (nSPS) is 33.7. The fourth-order valence-corrected chi connectivity index (χ4v) is 4.57. The first-order valence-electron chi connectivity index (χ1n) is 6.78. The van der Waals surface area contributed by atoms with Crippen molar-refractivity contribution in [3.05, 3.63) is 34.9 Å². The molecule has 0 aliphatic carbocycles. The number of benzene rings is 1. The third-order valence-electron chi connectivity index (χ3n) is 4.38. The Bertz CT molecular complexity index is 429. The van der Waals surface area contributed by atoms with Gasteiger partial charge < -0.3 is 4.74 Å². The van der Waals surface area contributed by atoms with E-state index in [9.17, 15) is 0 Å². The van der Waals surface area contributed by atoms with Crippen molar-refractivity contribution in [2.24, 2.45) is 11.8 Å². The monoisotopic (exact) mass is 310 g/mol. The van der Waals surface area contributed by atoms with E-state index in [1.54, 1.807) is 0 Å². The van der Waals surface area contributed by atoms with Crippen LogP contribution >= 0.6 is 15.9 Å². The number of halogens is 1. The van der Waals surface area contributed by atoms with Crippen molar-refractivity contribution in [2.75, 3.05) is 0 Å². The molecule has 0 N–H and O–H groups in total. The molecule has 5 atom stereocenters. The molecule has 1 aromatic carbocycles. The minimum absolute atomic E-state index is 0.320. The van der Waals surface area contributed by atoms with E-state index < -0.39 is 0 Å². The summed E-state index contributed by atoms with van der Waals surface area (Å²) in [5.74, 6) is 1.13. The Morgan fingerprint density at radius 1 is 1.11 bits per heavy atom. The zero-order valence-corrected chi connectivity index (χ0v) is 13.5. The first-order valence-corrected chi connectivity index (χ1v) is 7.70. The third-order valence-corrected chi connectivity index (χ3v) is 5.48. The van der Waals surface area contributed by atoms with Crippen molar-refractivity contribution in [1.82, 2.24) is 0 Å². The molecule has 5 unspecified atom stereocenters. The van der Waals surface area contributed by atoms with Crippen LogP contribution in [-0.4, -0.2) is 12.2 Å². The van der Waals surface area contributed by atoms with Crippen molar-refractivity contribution in [2.45, 2.75) is 51.7 Å². The van der Waals surface area contributed by atoms with E-state index in [1.807, 2.05) is 0 Å². The molecule has 1 nitrogen and oxygen atoms in total. The summed E-state index contributed by atoms with van der Waals surface area (Å²) in [5, 5.41) is 0. The van der Waals surface area contributed by atoms with E-state index in [-0.39, 0.29) is 0 Å². The highest BCUT2D eigenvalue weighted by Crippen LogP contribution is 2.45. The zero-order valence-electron chi connectivity index (χ0n) is 11.9. The van der Waals surface area contributed by atoms with Crippen molar-refractivity contribution in [3.63, 3.8) is 0 Å². The van der Waals surface area contributed by atoms with E-state index in [0.29, 0.717) is 28.9 Å². The topological polar surface area (TPSA) is 9.23 Å². The van der Waals surface area contributed by atoms with Gasteiger partial charge in [-0.1, -0.05) is 46.6 Å². The largest absolute Gasteiger partial charge is 0.375 e. The minimum Gasteiger partial charge on any atom is -0.375 e. The lowest BCUT2D eigenvalue weighted by atomic mass is 9.83. The smallest absolute Gasteiger partial charge is 0.0596 e. The number of hydrogen-bond donors (Lipinski definition) is 0. The Hall–Kier alpha value is -0.340. The molecule has 1 aliphatic rings. The van der Waals surface area contributed by atoms with Gasteiger partial charge in [0.2, 0.25) is 0 Å². The summed E-state index contributed by atoms with van der Waals surface area (Å²) in [7, 11) is 0. The lowest BCUT2D eigenvalue weighted by molar-refractivity contribution is 0.0511. The average molecular weight is 311 g/mol. The number of rotatable bonds is 2. The molecule has 0 spiro atoms. The van der Waals surface area contributed by atoms with Gasteiger partial charge in [-0.15, -0.1) is 0 Å². The molecule has 0 aromatic heterocycles. The summed E-state index contributed by atoms with van der Waals surface area (Å²) in [6.07, 6.45) is 0.677. The van der Waals surface area contributed by atoms with E-state index in [1.165, 1.54) is 16.7 Å². The van der Waals surface area contributed by atoms with Gasteiger partial charge in [0.25, 0.3) is 0 Å². The molecule has 2 heteroatoms. The molecule has 0 saturated carbocycles. The van der Waals surface area contributed by atoms with Crippen LogP contribution in [0, 0.1) is 25.7 Å². The van der Waals surface area contributed by atoms with Gasteiger partial charge in [0, 0.05) is 10.7 Å². The van der Waals surface area contributed by atoms with Crippen molar-refractivity contribution in [3.8, 4) is 0 Å². The van der Waals surface area contributed by atoms with Gasteiger partial charge in [0.15, 0.2) is 0 Å². The summed E-state index contributed by atoms with van der Waals surface area (Å²) in [5.41, 5.74) is 4.10. The fraction of sp³-hybridized carbons (Fsp3) is 0.625. The fourth-order valence-electron chi connectivity index (χ4n) is 3.14. The van der Waals surface area contributed by atoms with Gasteiger partial charge in [-0.25, -0.2) is 0 Å². The number of alkyl halides is 1. The van der Waals surface area contributed by atoms with Crippen LogP contribution < -0.4 is 0 Å². The Labute approximate surface area is 119 Å². The molecule has 1 saturated heterocycles. The molecular weight excluding hydrogens is 288 g/mol. The maximum Gasteiger partial charge on any atom is 0.0596 e. The van der Waals surface area contributed by atoms with Gasteiger partial charge >= 0.3 is 0 Å². The second kappa shape index (κ2) is 5.34. The number of aryl methyl sites for hydroxylation is 2. The highest BCUT2D eigenvalue weighted by Gasteiger charge is 2.41. The predicted octanol–water partition coefficient (Wildman–Crippen LogP) is 4.80. The molecule has 0 bridgehead atoms. The predicted molar refractivity (Wildman–Crippen MR) is 80.2 cm³/mol. The van der Waals surface area contributed by atoms with Crippen LogP contribution in [0.25, 0.3) is 0 Å². The third kappa shape index (κ3) is 2.50. The maximum atomic E-state index is 5.96. The molecule has 1 fully saturated rings. The Morgan fingerprint density at radius 2 is 1.78 bits per heavy atom. The first kappa shape index (κ1) is 14.1. The summed E-state index contributed by atoms with van der Waals surface area (Å²) in [6, 6.07) is 6.72. The summed E-state index contributed by atoms with van der Waals surface area (Å²) < 4.78 is 5.96. The molecule has 18 heavy (non-hydrogen) atoms. The summed E-state index contributed by atoms with van der Waals surface area (Å²) in [4.78, 5) is 0.382. The quantitative estimate of drug-likeness (QED) is 0.713. The highest BCUT2D eigenvalue weighted by atomic mass is 79.9. The van der Waals surface area contributed by atoms with Crippen LogP contribution in [0.15, 0.2) is 18.2 Å². The minimum atomic E-state index is 0.320. The van der Waals surface area contributed by atoms with Crippen LogP contribution in [-0.2, 0) is 4.74 Å². The van der Waals surface area contributed by atoms with Crippen molar-refractivity contribution in [1.29, 1.82) is 0 Å². The highest BCUT2D eigenvalue weighted by molar-refractivity contribution is 9.09. The zero-order chi connectivity index (χ0) is 13.4. The van der Waals surface area contributed by atoms with E-state index in [4.69, 9.17) is 4.74 Å². The Balaban J connectivity index is 2.28. The average Bonchev–Trinajstić information content (AvgIpc) is 2.52. The molecule has 1 heterocycles. The van der Waals surface area contributed by atoms with Gasteiger partial charge in [-0.2, -0.15) is 0 Å². The standard InChI is InChI=1S/C16H23BrO/c1-9-6-7-14(10(2)8-9)16(17)15-11(3)12(4)18-13(15)5/h6-8,11-13,15-16H,1-5H3. The summed E-state index contributed by atoms with van der Waals surface area (Å²) >= 11 is 3.92. The lowest BCUT2D eigenvalue weighted by Crippen LogP contribution is -2.22. The van der Waals surface area contributed by atoms with Crippen LogP contribution in [0.5, 0.6) is 0 Å². The molecule has 100 valence electrons. The Morgan fingerprint density at radius 3 is 2.28 bits per heavy atom. The second-order valence-corrected chi connectivity index (χ2v) is 6.73. The molecular formula is C16H23BrO. The molecule has 0 radical (unpaired) electrons. The van der Waals surface area contributed by atoms with Crippen LogP contribution in [0.1, 0.15) is 42.3 Å². The molecule has 1 aliphatic heterocycles.